The molecule has 2 rings (SSSR count). The fourth-order valence-electron chi connectivity index (χ4n) is 2.09. The second-order valence-corrected chi connectivity index (χ2v) is 4.89. The Hall–Kier alpha value is -1.35. The van der Waals surface area contributed by atoms with E-state index in [1.54, 1.807) is 12.1 Å². The van der Waals surface area contributed by atoms with Crippen molar-refractivity contribution in [3.63, 3.8) is 0 Å². The van der Waals surface area contributed by atoms with Gasteiger partial charge in [0, 0.05) is 11.3 Å². The van der Waals surface area contributed by atoms with E-state index in [1.807, 2.05) is 10.9 Å². The van der Waals surface area contributed by atoms with Crippen molar-refractivity contribution in [3.05, 3.63) is 53.1 Å². The number of hydrogen-bond donors (Lipinski definition) is 0. The molecule has 18 heavy (non-hydrogen) atoms. The van der Waals surface area contributed by atoms with Crippen LogP contribution in [0, 0.1) is 5.82 Å². The van der Waals surface area contributed by atoms with Crippen molar-refractivity contribution in [2.75, 3.05) is 0 Å². The van der Waals surface area contributed by atoms with Crippen molar-refractivity contribution < 1.29 is 4.39 Å². The van der Waals surface area contributed by atoms with E-state index in [9.17, 15) is 4.39 Å². The lowest BCUT2D eigenvalue weighted by Crippen LogP contribution is -2.08. The van der Waals surface area contributed by atoms with Gasteiger partial charge < -0.3 is 0 Å². The fraction of sp³-hybridized carbons (Fsp3) is 0.357. The predicted octanol–water partition coefficient (Wildman–Crippen LogP) is 3.93. The van der Waals surface area contributed by atoms with Crippen LogP contribution < -0.4 is 0 Å². The average molecular weight is 267 g/mol. The highest BCUT2D eigenvalue weighted by Gasteiger charge is 2.13. The molecule has 0 saturated carbocycles. The maximum absolute atomic E-state index is 12.9. The first-order valence-electron chi connectivity index (χ1n) is 5.96. The van der Waals surface area contributed by atoms with Gasteiger partial charge >= 0.3 is 0 Å². The quantitative estimate of drug-likeness (QED) is 0.767. The van der Waals surface area contributed by atoms with Crippen LogP contribution in [0.25, 0.3) is 0 Å². The molecular formula is C14H16ClFN2. The van der Waals surface area contributed by atoms with Crippen LogP contribution in [0.1, 0.15) is 36.6 Å². The molecule has 0 radical (unpaired) electrons. The van der Waals surface area contributed by atoms with Gasteiger partial charge in [-0.3, -0.25) is 4.68 Å². The molecule has 96 valence electrons. The van der Waals surface area contributed by atoms with E-state index in [0.29, 0.717) is 18.3 Å². The molecule has 0 N–H and O–H groups in total. The third-order valence-electron chi connectivity index (χ3n) is 2.90. The average Bonchev–Trinajstić information content (AvgIpc) is 2.75. The van der Waals surface area contributed by atoms with E-state index in [2.05, 4.69) is 18.9 Å². The Balaban J connectivity index is 2.28. The van der Waals surface area contributed by atoms with Crippen molar-refractivity contribution in [3.8, 4) is 0 Å². The number of hydrogen-bond acceptors (Lipinski definition) is 1. The van der Waals surface area contributed by atoms with Gasteiger partial charge in [-0.15, -0.1) is 11.6 Å². The van der Waals surface area contributed by atoms with Crippen molar-refractivity contribution in [1.82, 2.24) is 9.78 Å². The largest absolute Gasteiger partial charge is 0.265 e. The van der Waals surface area contributed by atoms with Crippen LogP contribution in [0.5, 0.6) is 0 Å². The zero-order valence-electron chi connectivity index (χ0n) is 10.5. The van der Waals surface area contributed by atoms with Crippen LogP contribution in [0.4, 0.5) is 4.39 Å². The normalized spacial score (nSPS) is 11.2. The Morgan fingerprint density at radius 2 is 1.94 bits per heavy atom. The Bertz CT molecular complexity index is 517. The number of halogens is 2. The highest BCUT2D eigenvalue weighted by Crippen LogP contribution is 2.21. The van der Waals surface area contributed by atoms with E-state index in [-0.39, 0.29) is 5.82 Å². The van der Waals surface area contributed by atoms with Crippen LogP contribution in [0.15, 0.2) is 30.5 Å². The van der Waals surface area contributed by atoms with Crippen LogP contribution >= 0.6 is 11.6 Å². The second kappa shape index (κ2) is 5.53. The van der Waals surface area contributed by atoms with Gasteiger partial charge in [-0.2, -0.15) is 5.10 Å². The number of nitrogens with zero attached hydrogens (tertiary/aromatic N) is 2. The molecule has 2 nitrogen and oxygen atoms in total. The van der Waals surface area contributed by atoms with Crippen LogP contribution in [-0.2, 0) is 12.4 Å². The molecule has 2 aromatic rings. The maximum atomic E-state index is 12.9. The standard InChI is InChI=1S/C14H16ClFN2/c1-10(2)14-12(7-15)8-17-18(14)9-11-3-5-13(16)6-4-11/h3-6,8,10H,7,9H2,1-2H3. The molecular weight excluding hydrogens is 251 g/mol. The van der Waals surface area contributed by atoms with E-state index in [4.69, 9.17) is 11.6 Å². The van der Waals surface area contributed by atoms with Crippen molar-refractivity contribution in [1.29, 1.82) is 0 Å². The number of rotatable bonds is 4. The molecule has 0 fully saturated rings. The summed E-state index contributed by atoms with van der Waals surface area (Å²) in [6, 6.07) is 6.50. The van der Waals surface area contributed by atoms with Gasteiger partial charge in [0.1, 0.15) is 5.82 Å². The van der Waals surface area contributed by atoms with Crippen molar-refractivity contribution in [2.24, 2.45) is 0 Å². The third kappa shape index (κ3) is 2.72. The minimum absolute atomic E-state index is 0.218. The lowest BCUT2D eigenvalue weighted by molar-refractivity contribution is 0.608. The summed E-state index contributed by atoms with van der Waals surface area (Å²) in [6.45, 7) is 4.88. The maximum Gasteiger partial charge on any atom is 0.123 e. The fourth-order valence-corrected chi connectivity index (χ4v) is 2.30. The molecule has 1 heterocycles. The minimum Gasteiger partial charge on any atom is -0.265 e. The molecule has 0 aliphatic carbocycles. The van der Waals surface area contributed by atoms with Crippen LogP contribution in [-0.4, -0.2) is 9.78 Å². The summed E-state index contributed by atoms with van der Waals surface area (Å²) in [7, 11) is 0. The molecule has 0 bridgehead atoms. The van der Waals surface area contributed by atoms with E-state index >= 15 is 0 Å². The molecule has 0 amide bonds. The summed E-state index contributed by atoms with van der Waals surface area (Å²) in [5.74, 6) is 0.614. The molecule has 0 unspecified atom stereocenters. The molecule has 0 atom stereocenters. The summed E-state index contributed by atoms with van der Waals surface area (Å²) in [5.41, 5.74) is 3.24. The second-order valence-electron chi connectivity index (χ2n) is 4.63. The van der Waals surface area contributed by atoms with Gasteiger partial charge in [-0.05, 0) is 23.6 Å². The zero-order chi connectivity index (χ0) is 13.1. The Labute approximate surface area is 111 Å². The molecule has 4 heteroatoms. The SMILES string of the molecule is CC(C)c1c(CCl)cnn1Cc1ccc(F)cc1. The molecule has 1 aromatic heterocycles. The first-order chi connectivity index (χ1) is 8.61. The van der Waals surface area contributed by atoms with Gasteiger partial charge in [-0.1, -0.05) is 26.0 Å². The van der Waals surface area contributed by atoms with E-state index in [1.165, 1.54) is 12.1 Å². The molecule has 0 aliphatic heterocycles. The summed E-state index contributed by atoms with van der Waals surface area (Å²) in [4.78, 5) is 0. The first-order valence-corrected chi connectivity index (χ1v) is 6.50. The molecule has 1 aromatic carbocycles. The van der Waals surface area contributed by atoms with Gasteiger partial charge in [-0.25, -0.2) is 4.39 Å². The van der Waals surface area contributed by atoms with E-state index in [0.717, 1.165) is 16.8 Å². The summed E-state index contributed by atoms with van der Waals surface area (Å²) < 4.78 is 14.8. The summed E-state index contributed by atoms with van der Waals surface area (Å²) in [6.07, 6.45) is 1.81. The highest BCUT2D eigenvalue weighted by molar-refractivity contribution is 6.17. The monoisotopic (exact) mass is 266 g/mol. The lowest BCUT2D eigenvalue weighted by atomic mass is 10.1. The molecule has 0 saturated heterocycles. The topological polar surface area (TPSA) is 17.8 Å². The van der Waals surface area contributed by atoms with Gasteiger partial charge in [0.25, 0.3) is 0 Å². The first kappa shape index (κ1) is 13.1. The Morgan fingerprint density at radius 3 is 2.50 bits per heavy atom. The lowest BCUT2D eigenvalue weighted by Gasteiger charge is -2.12. The predicted molar refractivity (Wildman–Crippen MR) is 71.4 cm³/mol. The van der Waals surface area contributed by atoms with Crippen molar-refractivity contribution >= 4 is 11.6 Å². The highest BCUT2D eigenvalue weighted by atomic mass is 35.5. The zero-order valence-corrected chi connectivity index (χ0v) is 11.3. The molecule has 0 aliphatic rings. The minimum atomic E-state index is -0.218. The smallest absolute Gasteiger partial charge is 0.123 e. The number of aromatic nitrogens is 2. The Morgan fingerprint density at radius 1 is 1.28 bits per heavy atom. The van der Waals surface area contributed by atoms with Gasteiger partial charge in [0.05, 0.1) is 18.6 Å². The summed E-state index contributed by atoms with van der Waals surface area (Å²) >= 11 is 5.91. The van der Waals surface area contributed by atoms with Crippen LogP contribution in [0.2, 0.25) is 0 Å². The molecule has 0 spiro atoms. The van der Waals surface area contributed by atoms with E-state index < -0.39 is 0 Å². The van der Waals surface area contributed by atoms with Crippen molar-refractivity contribution in [2.45, 2.75) is 32.2 Å². The third-order valence-corrected chi connectivity index (χ3v) is 3.18. The summed E-state index contributed by atoms with van der Waals surface area (Å²) in [5, 5.41) is 4.36. The number of alkyl halides is 1. The number of benzene rings is 1. The van der Waals surface area contributed by atoms with Crippen LogP contribution in [0.3, 0.4) is 0 Å². The van der Waals surface area contributed by atoms with Gasteiger partial charge in [0.2, 0.25) is 0 Å². The van der Waals surface area contributed by atoms with Gasteiger partial charge in [0.15, 0.2) is 0 Å². The Kier molecular flexibility index (Phi) is 4.02.